The Morgan fingerprint density at radius 1 is 1.17 bits per heavy atom. The second-order valence-electron chi connectivity index (χ2n) is 6.87. The lowest BCUT2D eigenvalue weighted by molar-refractivity contribution is -0.122. The SMILES string of the molecule is CCC(Oc1cc(C)cc(C)c1)C(=O)Nc1ncc(Cc2ccc(Cl)cc2Cl)s1. The molecular weight excluding hydrogens is 427 g/mol. The van der Waals surface area contributed by atoms with Gasteiger partial charge in [-0.2, -0.15) is 0 Å². The molecule has 7 heteroatoms. The Morgan fingerprint density at radius 2 is 1.90 bits per heavy atom. The zero-order chi connectivity index (χ0) is 21.0. The highest BCUT2D eigenvalue weighted by atomic mass is 35.5. The Balaban J connectivity index is 1.65. The summed E-state index contributed by atoms with van der Waals surface area (Å²) in [5.74, 6) is 0.485. The molecule has 0 aliphatic carbocycles. The zero-order valence-corrected chi connectivity index (χ0v) is 18.8. The number of carbonyl (C=O) groups excluding carboxylic acids is 1. The lowest BCUT2D eigenvalue weighted by Gasteiger charge is -2.17. The van der Waals surface area contributed by atoms with Crippen molar-refractivity contribution < 1.29 is 9.53 Å². The summed E-state index contributed by atoms with van der Waals surface area (Å²) in [6, 6.07) is 11.4. The Labute approximate surface area is 184 Å². The minimum absolute atomic E-state index is 0.211. The van der Waals surface area contributed by atoms with Crippen molar-refractivity contribution in [3.63, 3.8) is 0 Å². The van der Waals surface area contributed by atoms with E-state index in [1.165, 1.54) is 11.3 Å². The highest BCUT2D eigenvalue weighted by Gasteiger charge is 2.20. The quantitative estimate of drug-likeness (QED) is 0.451. The first kappa shape index (κ1) is 21.6. The first-order valence-corrected chi connectivity index (χ1v) is 10.9. The third-order valence-corrected chi connectivity index (χ3v) is 5.80. The lowest BCUT2D eigenvalue weighted by Crippen LogP contribution is -2.32. The van der Waals surface area contributed by atoms with Gasteiger partial charge in [-0.25, -0.2) is 4.98 Å². The Hall–Kier alpha value is -2.08. The van der Waals surface area contributed by atoms with Gasteiger partial charge in [0.25, 0.3) is 5.91 Å². The fraction of sp³-hybridized carbons (Fsp3) is 0.273. The summed E-state index contributed by atoms with van der Waals surface area (Å²) in [4.78, 5) is 18.0. The van der Waals surface area contributed by atoms with Crippen molar-refractivity contribution in [3.8, 4) is 5.75 Å². The normalized spacial score (nSPS) is 11.9. The van der Waals surface area contributed by atoms with Crippen LogP contribution in [-0.2, 0) is 11.2 Å². The predicted molar refractivity (Wildman–Crippen MR) is 121 cm³/mol. The molecule has 3 rings (SSSR count). The van der Waals surface area contributed by atoms with Crippen molar-refractivity contribution in [3.05, 3.63) is 74.2 Å². The third-order valence-electron chi connectivity index (χ3n) is 4.30. The fourth-order valence-corrected chi connectivity index (χ4v) is 4.29. The summed E-state index contributed by atoms with van der Waals surface area (Å²) in [6.45, 7) is 5.93. The molecule has 0 fully saturated rings. The van der Waals surface area contributed by atoms with Crippen LogP contribution in [0.2, 0.25) is 10.0 Å². The molecule has 1 N–H and O–H groups in total. The molecule has 0 saturated carbocycles. The maximum Gasteiger partial charge on any atom is 0.267 e. The van der Waals surface area contributed by atoms with Gasteiger partial charge in [-0.1, -0.05) is 42.3 Å². The van der Waals surface area contributed by atoms with Crippen LogP contribution in [0.25, 0.3) is 0 Å². The molecule has 29 heavy (non-hydrogen) atoms. The second kappa shape index (κ2) is 9.61. The average molecular weight is 449 g/mol. The number of aromatic nitrogens is 1. The summed E-state index contributed by atoms with van der Waals surface area (Å²) in [6.07, 6.45) is 2.34. The zero-order valence-electron chi connectivity index (χ0n) is 16.5. The van der Waals surface area contributed by atoms with Crippen LogP contribution in [0.5, 0.6) is 5.75 Å². The van der Waals surface area contributed by atoms with Crippen LogP contribution < -0.4 is 10.1 Å². The number of rotatable bonds is 7. The van der Waals surface area contributed by atoms with Gasteiger partial charge < -0.3 is 4.74 Å². The topological polar surface area (TPSA) is 51.2 Å². The molecule has 2 aromatic carbocycles. The second-order valence-corrected chi connectivity index (χ2v) is 8.83. The molecule has 0 saturated heterocycles. The van der Waals surface area contributed by atoms with Crippen molar-refractivity contribution in [1.29, 1.82) is 0 Å². The summed E-state index contributed by atoms with van der Waals surface area (Å²) in [7, 11) is 0. The largest absolute Gasteiger partial charge is 0.481 e. The Kier molecular flexibility index (Phi) is 7.17. The van der Waals surface area contributed by atoms with Gasteiger partial charge in [0, 0.05) is 27.5 Å². The fourth-order valence-electron chi connectivity index (χ4n) is 2.97. The molecule has 1 amide bonds. The number of carbonyl (C=O) groups is 1. The van der Waals surface area contributed by atoms with Gasteiger partial charge in [-0.15, -0.1) is 11.3 Å². The first-order chi connectivity index (χ1) is 13.8. The minimum Gasteiger partial charge on any atom is -0.481 e. The number of aryl methyl sites for hydroxylation is 2. The number of hydrogen-bond acceptors (Lipinski definition) is 4. The van der Waals surface area contributed by atoms with E-state index in [4.69, 9.17) is 27.9 Å². The Bertz CT molecular complexity index is 1000. The maximum absolute atomic E-state index is 12.7. The summed E-state index contributed by atoms with van der Waals surface area (Å²) < 4.78 is 5.92. The van der Waals surface area contributed by atoms with Crippen LogP contribution >= 0.6 is 34.5 Å². The number of nitrogens with zero attached hydrogens (tertiary/aromatic N) is 1. The van der Waals surface area contributed by atoms with E-state index >= 15 is 0 Å². The van der Waals surface area contributed by atoms with E-state index in [9.17, 15) is 4.79 Å². The molecule has 1 atom stereocenters. The monoisotopic (exact) mass is 448 g/mol. The summed E-state index contributed by atoms with van der Waals surface area (Å²) in [5, 5.41) is 4.62. The third kappa shape index (κ3) is 5.95. The van der Waals surface area contributed by atoms with Crippen LogP contribution in [0.15, 0.2) is 42.6 Å². The van der Waals surface area contributed by atoms with Crippen molar-refractivity contribution in [2.24, 2.45) is 0 Å². The summed E-state index contributed by atoms with van der Waals surface area (Å²) in [5.41, 5.74) is 3.16. The van der Waals surface area contributed by atoms with E-state index in [1.54, 1.807) is 12.3 Å². The van der Waals surface area contributed by atoms with Gasteiger partial charge in [0.1, 0.15) is 5.75 Å². The minimum atomic E-state index is -0.589. The molecule has 152 valence electrons. The van der Waals surface area contributed by atoms with Crippen molar-refractivity contribution in [1.82, 2.24) is 4.98 Å². The van der Waals surface area contributed by atoms with Crippen LogP contribution in [0.3, 0.4) is 0 Å². The van der Waals surface area contributed by atoms with E-state index < -0.39 is 6.10 Å². The van der Waals surface area contributed by atoms with E-state index in [0.717, 1.165) is 21.6 Å². The molecule has 0 radical (unpaired) electrons. The summed E-state index contributed by atoms with van der Waals surface area (Å²) >= 11 is 13.6. The van der Waals surface area contributed by atoms with Gasteiger partial charge in [0.15, 0.2) is 11.2 Å². The number of amides is 1. The molecule has 1 unspecified atom stereocenters. The smallest absolute Gasteiger partial charge is 0.267 e. The maximum atomic E-state index is 12.7. The van der Waals surface area contributed by atoms with E-state index in [0.29, 0.717) is 33.8 Å². The molecule has 3 aromatic rings. The van der Waals surface area contributed by atoms with Gasteiger partial charge >= 0.3 is 0 Å². The number of nitrogens with one attached hydrogen (secondary N) is 1. The average Bonchev–Trinajstić information content (AvgIpc) is 3.08. The van der Waals surface area contributed by atoms with Gasteiger partial charge in [-0.05, 0) is 61.2 Å². The van der Waals surface area contributed by atoms with Crippen molar-refractivity contribution in [2.75, 3.05) is 5.32 Å². The van der Waals surface area contributed by atoms with Crippen molar-refractivity contribution in [2.45, 2.75) is 39.7 Å². The number of benzene rings is 2. The molecule has 0 spiro atoms. The van der Waals surface area contributed by atoms with Crippen LogP contribution in [0.1, 0.15) is 34.9 Å². The molecule has 1 heterocycles. The molecule has 0 aliphatic heterocycles. The highest BCUT2D eigenvalue weighted by molar-refractivity contribution is 7.15. The molecule has 0 bridgehead atoms. The van der Waals surface area contributed by atoms with Gasteiger partial charge in [-0.3, -0.25) is 10.1 Å². The molecular formula is C22H22Cl2N2O2S. The Morgan fingerprint density at radius 3 is 2.55 bits per heavy atom. The highest BCUT2D eigenvalue weighted by Crippen LogP contribution is 2.27. The number of halogens is 2. The van der Waals surface area contributed by atoms with Crippen LogP contribution in [0.4, 0.5) is 5.13 Å². The van der Waals surface area contributed by atoms with E-state index in [-0.39, 0.29) is 5.91 Å². The van der Waals surface area contributed by atoms with Crippen molar-refractivity contribution >= 4 is 45.6 Å². The van der Waals surface area contributed by atoms with Gasteiger partial charge in [0.05, 0.1) is 0 Å². The standard InChI is InChI=1S/C22H22Cl2N2O2S/c1-4-20(28-17-8-13(2)7-14(3)9-17)21(27)26-22-25-12-18(29-22)10-15-5-6-16(23)11-19(15)24/h5-9,11-12,20H,4,10H2,1-3H3,(H,25,26,27). The van der Waals surface area contributed by atoms with E-state index in [1.807, 2.05) is 45.0 Å². The number of ether oxygens (including phenoxy) is 1. The number of thiazole rings is 1. The molecule has 0 aliphatic rings. The van der Waals surface area contributed by atoms with Crippen LogP contribution in [-0.4, -0.2) is 17.0 Å². The first-order valence-electron chi connectivity index (χ1n) is 9.28. The lowest BCUT2D eigenvalue weighted by atomic mass is 10.1. The number of hydrogen-bond donors (Lipinski definition) is 1. The van der Waals surface area contributed by atoms with Gasteiger partial charge in [0.2, 0.25) is 0 Å². The van der Waals surface area contributed by atoms with E-state index in [2.05, 4.69) is 16.4 Å². The molecule has 1 aromatic heterocycles. The molecule has 4 nitrogen and oxygen atoms in total. The number of anilines is 1. The predicted octanol–water partition coefficient (Wildman–Crippen LogP) is 6.45. The van der Waals surface area contributed by atoms with Crippen LogP contribution in [0, 0.1) is 13.8 Å².